The van der Waals surface area contributed by atoms with Crippen LogP contribution in [-0.4, -0.2) is 24.2 Å². The van der Waals surface area contributed by atoms with Gasteiger partial charge in [-0.2, -0.15) is 0 Å². The second-order valence-electron chi connectivity index (χ2n) is 6.79. The van der Waals surface area contributed by atoms with Crippen molar-refractivity contribution >= 4 is 17.7 Å². The third kappa shape index (κ3) is 6.08. The first-order valence-corrected chi connectivity index (χ1v) is 8.32. The molecule has 0 radical (unpaired) electrons. The van der Waals surface area contributed by atoms with E-state index in [1.165, 1.54) is 11.6 Å². The van der Waals surface area contributed by atoms with Crippen molar-refractivity contribution in [1.29, 1.82) is 0 Å². The first-order chi connectivity index (χ1) is 11.9. The number of hydrogen-bond acceptors (Lipinski definition) is 3. The molecular formula is C21H25NO3. The number of amides is 1. The van der Waals surface area contributed by atoms with Gasteiger partial charge in [0.25, 0.3) is 0 Å². The van der Waals surface area contributed by atoms with E-state index in [0.29, 0.717) is 11.4 Å². The molecule has 0 atom stereocenters. The minimum atomic E-state index is -0.209. The predicted octanol–water partition coefficient (Wildman–Crippen LogP) is 4.01. The summed E-state index contributed by atoms with van der Waals surface area (Å²) in [4.78, 5) is 12.1. The second kappa shape index (κ2) is 8.49. The summed E-state index contributed by atoms with van der Waals surface area (Å²) in [7, 11) is 0. The van der Waals surface area contributed by atoms with Crippen LogP contribution in [-0.2, 0) is 10.2 Å². The number of carbonyl (C=O) groups is 1. The van der Waals surface area contributed by atoms with E-state index in [1.807, 2.05) is 12.1 Å². The summed E-state index contributed by atoms with van der Waals surface area (Å²) in [6.07, 6.45) is 3.29. The highest BCUT2D eigenvalue weighted by atomic mass is 16.5. The molecule has 4 nitrogen and oxygen atoms in total. The van der Waals surface area contributed by atoms with Crippen LogP contribution in [0.4, 0.5) is 5.69 Å². The number of hydrogen-bond donors (Lipinski definition) is 2. The zero-order valence-electron chi connectivity index (χ0n) is 15.0. The van der Waals surface area contributed by atoms with E-state index in [4.69, 9.17) is 9.84 Å². The molecule has 1 amide bonds. The average molecular weight is 339 g/mol. The molecule has 0 bridgehead atoms. The van der Waals surface area contributed by atoms with Crippen LogP contribution in [0, 0.1) is 0 Å². The van der Waals surface area contributed by atoms with Crippen LogP contribution < -0.4 is 10.1 Å². The number of anilines is 1. The first kappa shape index (κ1) is 18.7. The third-order valence-corrected chi connectivity index (χ3v) is 3.67. The summed E-state index contributed by atoms with van der Waals surface area (Å²) in [5.41, 5.74) is 2.99. The zero-order chi connectivity index (χ0) is 18.3. The molecule has 0 saturated heterocycles. The predicted molar refractivity (Wildman–Crippen MR) is 102 cm³/mol. The lowest BCUT2D eigenvalue weighted by molar-refractivity contribution is -0.111. The van der Waals surface area contributed by atoms with Gasteiger partial charge in [-0.15, -0.1) is 0 Å². The fraction of sp³-hybridized carbons (Fsp3) is 0.286. The van der Waals surface area contributed by atoms with Crippen molar-refractivity contribution in [2.24, 2.45) is 0 Å². The van der Waals surface area contributed by atoms with E-state index >= 15 is 0 Å². The monoisotopic (exact) mass is 339 g/mol. The van der Waals surface area contributed by atoms with Crippen LogP contribution in [0.2, 0.25) is 0 Å². The van der Waals surface area contributed by atoms with Gasteiger partial charge < -0.3 is 15.2 Å². The molecule has 0 fully saturated rings. The Bertz CT molecular complexity index is 728. The molecule has 0 aliphatic rings. The Morgan fingerprint density at radius 3 is 2.52 bits per heavy atom. The lowest BCUT2D eigenvalue weighted by Gasteiger charge is -2.18. The largest absolute Gasteiger partial charge is 0.491 e. The van der Waals surface area contributed by atoms with Gasteiger partial charge in [0.05, 0.1) is 6.61 Å². The highest BCUT2D eigenvalue weighted by Crippen LogP contribution is 2.22. The molecule has 0 aliphatic carbocycles. The maximum Gasteiger partial charge on any atom is 0.248 e. The molecule has 4 heteroatoms. The van der Waals surface area contributed by atoms with Crippen molar-refractivity contribution in [3.63, 3.8) is 0 Å². The van der Waals surface area contributed by atoms with Crippen LogP contribution in [0.3, 0.4) is 0 Å². The van der Waals surface area contributed by atoms with Gasteiger partial charge in [-0.25, -0.2) is 0 Å². The number of carbonyl (C=O) groups excluding carboxylic acids is 1. The maximum atomic E-state index is 12.1. The quantitative estimate of drug-likeness (QED) is 0.782. The third-order valence-electron chi connectivity index (χ3n) is 3.67. The maximum absolute atomic E-state index is 12.1. The minimum Gasteiger partial charge on any atom is -0.491 e. The smallest absolute Gasteiger partial charge is 0.248 e. The Morgan fingerprint density at radius 2 is 1.88 bits per heavy atom. The fourth-order valence-corrected chi connectivity index (χ4v) is 2.28. The topological polar surface area (TPSA) is 58.6 Å². The fourth-order valence-electron chi connectivity index (χ4n) is 2.28. The van der Waals surface area contributed by atoms with Crippen LogP contribution in [0.25, 0.3) is 6.08 Å². The summed E-state index contributed by atoms with van der Waals surface area (Å²) in [5.74, 6) is 0.396. The Balaban J connectivity index is 1.96. The standard InChI is InChI=1S/C21H25NO3/c1-21(2,3)17-10-7-16(8-11-17)9-12-20(24)22-18-5-4-6-19(15-18)25-14-13-23/h4-12,15,23H,13-14H2,1-3H3,(H,22,24)/b12-9+. The molecule has 0 heterocycles. The molecule has 0 aliphatic heterocycles. The van der Waals surface area contributed by atoms with E-state index in [1.54, 1.807) is 30.3 Å². The van der Waals surface area contributed by atoms with Gasteiger partial charge in [0.1, 0.15) is 12.4 Å². The summed E-state index contributed by atoms with van der Waals surface area (Å²) in [6, 6.07) is 15.3. The van der Waals surface area contributed by atoms with Gasteiger partial charge in [-0.3, -0.25) is 4.79 Å². The van der Waals surface area contributed by atoms with E-state index in [2.05, 4.69) is 38.2 Å². The van der Waals surface area contributed by atoms with Crippen molar-refractivity contribution in [3.05, 3.63) is 65.7 Å². The van der Waals surface area contributed by atoms with Gasteiger partial charge in [-0.05, 0) is 34.8 Å². The molecule has 0 spiro atoms. The van der Waals surface area contributed by atoms with Crippen LogP contribution in [0.15, 0.2) is 54.6 Å². The molecule has 0 saturated carbocycles. The van der Waals surface area contributed by atoms with E-state index in [-0.39, 0.29) is 24.5 Å². The number of nitrogens with one attached hydrogen (secondary N) is 1. The van der Waals surface area contributed by atoms with Crippen LogP contribution >= 0.6 is 0 Å². The highest BCUT2D eigenvalue weighted by Gasteiger charge is 2.12. The van der Waals surface area contributed by atoms with Gasteiger partial charge in [0.15, 0.2) is 0 Å². The summed E-state index contributed by atoms with van der Waals surface area (Å²) >= 11 is 0. The normalized spacial score (nSPS) is 11.5. The van der Waals surface area contributed by atoms with E-state index in [0.717, 1.165) is 5.56 Å². The van der Waals surface area contributed by atoms with Crippen molar-refractivity contribution in [1.82, 2.24) is 0 Å². The lowest BCUT2D eigenvalue weighted by atomic mass is 9.87. The molecule has 2 rings (SSSR count). The molecule has 2 N–H and O–H groups in total. The Labute approximate surface area is 149 Å². The Hall–Kier alpha value is -2.59. The summed E-state index contributed by atoms with van der Waals surface area (Å²) in [5, 5.41) is 11.6. The van der Waals surface area contributed by atoms with Crippen molar-refractivity contribution in [2.75, 3.05) is 18.5 Å². The first-order valence-electron chi connectivity index (χ1n) is 8.32. The van der Waals surface area contributed by atoms with E-state index in [9.17, 15) is 4.79 Å². The molecule has 0 unspecified atom stereocenters. The van der Waals surface area contributed by atoms with Gasteiger partial charge in [0.2, 0.25) is 5.91 Å². The Morgan fingerprint density at radius 1 is 1.16 bits per heavy atom. The number of ether oxygens (including phenoxy) is 1. The number of benzene rings is 2. The van der Waals surface area contributed by atoms with Gasteiger partial charge >= 0.3 is 0 Å². The number of aliphatic hydroxyl groups excluding tert-OH is 1. The second-order valence-corrected chi connectivity index (χ2v) is 6.79. The SMILES string of the molecule is CC(C)(C)c1ccc(/C=C/C(=O)Nc2cccc(OCCO)c2)cc1. The Kier molecular flexibility index (Phi) is 6.37. The van der Waals surface area contributed by atoms with Crippen molar-refractivity contribution < 1.29 is 14.6 Å². The van der Waals surface area contributed by atoms with Gasteiger partial charge in [0, 0.05) is 17.8 Å². The van der Waals surface area contributed by atoms with Crippen molar-refractivity contribution in [2.45, 2.75) is 26.2 Å². The zero-order valence-corrected chi connectivity index (χ0v) is 15.0. The average Bonchev–Trinajstić information content (AvgIpc) is 2.58. The van der Waals surface area contributed by atoms with E-state index < -0.39 is 0 Å². The molecule has 0 aromatic heterocycles. The van der Waals surface area contributed by atoms with Crippen molar-refractivity contribution in [3.8, 4) is 5.75 Å². The molecule has 2 aromatic carbocycles. The molecule has 2 aromatic rings. The summed E-state index contributed by atoms with van der Waals surface area (Å²) in [6.45, 7) is 6.69. The lowest BCUT2D eigenvalue weighted by Crippen LogP contribution is -2.10. The summed E-state index contributed by atoms with van der Waals surface area (Å²) < 4.78 is 5.33. The highest BCUT2D eigenvalue weighted by molar-refractivity contribution is 6.02. The van der Waals surface area contributed by atoms with Crippen LogP contribution in [0.1, 0.15) is 31.9 Å². The minimum absolute atomic E-state index is 0.0483. The molecule has 132 valence electrons. The molecular weight excluding hydrogens is 314 g/mol. The number of rotatable bonds is 6. The molecule has 25 heavy (non-hydrogen) atoms. The number of aliphatic hydroxyl groups is 1. The van der Waals surface area contributed by atoms with Crippen LogP contribution in [0.5, 0.6) is 5.75 Å². The van der Waals surface area contributed by atoms with Gasteiger partial charge in [-0.1, -0.05) is 51.1 Å².